The number of benzene rings is 1. The highest BCUT2D eigenvalue weighted by molar-refractivity contribution is 14.1. The van der Waals surface area contributed by atoms with E-state index in [4.69, 9.17) is 0 Å². The van der Waals surface area contributed by atoms with Crippen LogP contribution in [-0.2, 0) is 7.05 Å². The Morgan fingerprint density at radius 3 is 2.94 bits per heavy atom. The van der Waals surface area contributed by atoms with E-state index >= 15 is 0 Å². The van der Waals surface area contributed by atoms with Crippen LogP contribution in [0.1, 0.15) is 10.4 Å². The minimum Gasteiger partial charge on any atom is -0.507 e. The van der Waals surface area contributed by atoms with Crippen LogP contribution in [0, 0.1) is 3.57 Å². The van der Waals surface area contributed by atoms with Crippen molar-refractivity contribution < 1.29 is 9.90 Å². The van der Waals surface area contributed by atoms with E-state index in [1.807, 2.05) is 0 Å². The minimum atomic E-state index is -0.353. The van der Waals surface area contributed by atoms with Gasteiger partial charge in [0.05, 0.1) is 17.4 Å². The third kappa shape index (κ3) is 2.76. The molecule has 2 rings (SSSR count). The topological polar surface area (TPSA) is 67.2 Å². The Balaban J connectivity index is 2.22. The molecule has 0 spiro atoms. The molecule has 0 radical (unpaired) electrons. The number of anilines is 1. The zero-order valence-corrected chi connectivity index (χ0v) is 11.2. The highest BCUT2D eigenvalue weighted by Crippen LogP contribution is 2.20. The summed E-state index contributed by atoms with van der Waals surface area (Å²) in [5.74, 6) is -0.388. The lowest BCUT2D eigenvalue weighted by molar-refractivity contribution is 0.102. The van der Waals surface area contributed by atoms with E-state index in [1.165, 1.54) is 6.07 Å². The molecule has 0 atom stereocenters. The summed E-state index contributed by atoms with van der Waals surface area (Å²) in [5.41, 5.74) is 0.844. The number of amides is 1. The van der Waals surface area contributed by atoms with E-state index in [0.717, 1.165) is 3.57 Å². The first kappa shape index (κ1) is 11.9. The van der Waals surface area contributed by atoms with E-state index in [2.05, 4.69) is 33.0 Å². The molecular weight excluding hydrogens is 333 g/mol. The van der Waals surface area contributed by atoms with Crippen LogP contribution in [0.4, 0.5) is 5.69 Å². The van der Waals surface area contributed by atoms with Gasteiger partial charge in [0.2, 0.25) is 0 Å². The molecule has 2 N–H and O–H groups in total. The summed E-state index contributed by atoms with van der Waals surface area (Å²) in [6.07, 6.45) is 3.23. The molecule has 6 heteroatoms. The van der Waals surface area contributed by atoms with Crippen molar-refractivity contribution in [2.75, 3.05) is 5.32 Å². The molecule has 1 aromatic heterocycles. The van der Waals surface area contributed by atoms with Gasteiger partial charge in [-0.1, -0.05) is 0 Å². The number of phenols is 1. The van der Waals surface area contributed by atoms with Gasteiger partial charge in [-0.05, 0) is 40.8 Å². The Labute approximate surface area is 112 Å². The second-order valence-electron chi connectivity index (χ2n) is 3.52. The lowest BCUT2D eigenvalue weighted by Crippen LogP contribution is -2.11. The number of phenolic OH excluding ortho intramolecular Hbond substituents is 1. The SMILES string of the molecule is Cn1cc(NC(=O)c2cc(I)ccc2O)cn1. The summed E-state index contributed by atoms with van der Waals surface area (Å²) in [6.45, 7) is 0. The van der Waals surface area contributed by atoms with Crippen molar-refractivity contribution >= 4 is 34.2 Å². The monoisotopic (exact) mass is 343 g/mol. The number of nitrogens with zero attached hydrogens (tertiary/aromatic N) is 2. The van der Waals surface area contributed by atoms with E-state index in [0.29, 0.717) is 5.69 Å². The van der Waals surface area contributed by atoms with Crippen LogP contribution in [0.2, 0.25) is 0 Å². The Kier molecular flexibility index (Phi) is 3.32. The third-order valence-corrected chi connectivity index (χ3v) is 2.84. The minimum absolute atomic E-state index is 0.0354. The standard InChI is InChI=1S/C11H10IN3O2/c1-15-6-8(5-13-15)14-11(17)9-4-7(12)2-3-10(9)16/h2-6,16H,1H3,(H,14,17). The van der Waals surface area contributed by atoms with Gasteiger partial charge < -0.3 is 10.4 Å². The predicted octanol–water partition coefficient (Wildman–Crippen LogP) is 1.98. The molecule has 2 aromatic rings. The molecule has 17 heavy (non-hydrogen) atoms. The zero-order chi connectivity index (χ0) is 12.4. The maximum absolute atomic E-state index is 11.9. The van der Waals surface area contributed by atoms with Gasteiger partial charge in [-0.25, -0.2) is 0 Å². The van der Waals surface area contributed by atoms with E-state index < -0.39 is 0 Å². The maximum Gasteiger partial charge on any atom is 0.259 e. The predicted molar refractivity (Wildman–Crippen MR) is 72.0 cm³/mol. The largest absolute Gasteiger partial charge is 0.507 e. The number of carbonyl (C=O) groups excluding carboxylic acids is 1. The summed E-state index contributed by atoms with van der Waals surface area (Å²) in [4.78, 5) is 11.9. The lowest BCUT2D eigenvalue weighted by Gasteiger charge is -2.05. The Hall–Kier alpha value is -1.57. The fraction of sp³-hybridized carbons (Fsp3) is 0.0909. The fourth-order valence-electron chi connectivity index (χ4n) is 1.37. The van der Waals surface area contributed by atoms with Gasteiger partial charge in [0, 0.05) is 16.8 Å². The number of aryl methyl sites for hydroxylation is 1. The number of nitrogens with one attached hydrogen (secondary N) is 1. The second kappa shape index (κ2) is 4.74. The molecule has 5 nitrogen and oxygen atoms in total. The molecule has 0 aliphatic heterocycles. The number of rotatable bonds is 2. The quantitative estimate of drug-likeness (QED) is 0.820. The molecule has 88 valence electrons. The van der Waals surface area contributed by atoms with Crippen molar-refractivity contribution in [3.05, 3.63) is 39.7 Å². The van der Waals surface area contributed by atoms with Gasteiger partial charge in [-0.3, -0.25) is 9.48 Å². The highest BCUT2D eigenvalue weighted by atomic mass is 127. The summed E-state index contributed by atoms with van der Waals surface area (Å²) in [5, 5.41) is 16.2. The number of carbonyl (C=O) groups is 1. The van der Waals surface area contributed by atoms with Crippen molar-refractivity contribution in [3.63, 3.8) is 0 Å². The van der Waals surface area contributed by atoms with Crippen molar-refractivity contribution in [2.24, 2.45) is 7.05 Å². The van der Waals surface area contributed by atoms with Crippen LogP contribution in [-0.4, -0.2) is 20.8 Å². The molecule has 1 amide bonds. The number of hydrogen-bond acceptors (Lipinski definition) is 3. The Morgan fingerprint density at radius 2 is 2.29 bits per heavy atom. The van der Waals surface area contributed by atoms with E-state index in [-0.39, 0.29) is 17.2 Å². The van der Waals surface area contributed by atoms with Crippen LogP contribution in [0.15, 0.2) is 30.6 Å². The normalized spacial score (nSPS) is 10.2. The number of hydrogen-bond donors (Lipinski definition) is 2. The van der Waals surface area contributed by atoms with Crippen molar-refractivity contribution in [2.45, 2.75) is 0 Å². The van der Waals surface area contributed by atoms with Crippen LogP contribution >= 0.6 is 22.6 Å². The number of aromatic nitrogens is 2. The third-order valence-electron chi connectivity index (χ3n) is 2.17. The van der Waals surface area contributed by atoms with Crippen LogP contribution in [0.3, 0.4) is 0 Å². The molecule has 0 unspecified atom stereocenters. The molecule has 0 aliphatic carbocycles. The first-order valence-corrected chi connectivity index (χ1v) is 5.92. The highest BCUT2D eigenvalue weighted by Gasteiger charge is 2.12. The van der Waals surface area contributed by atoms with Gasteiger partial charge in [-0.15, -0.1) is 0 Å². The molecule has 0 saturated carbocycles. The Bertz CT molecular complexity index is 566. The summed E-state index contributed by atoms with van der Waals surface area (Å²) >= 11 is 2.08. The average molecular weight is 343 g/mol. The fourth-order valence-corrected chi connectivity index (χ4v) is 1.87. The molecule has 1 aromatic carbocycles. The van der Waals surface area contributed by atoms with Gasteiger partial charge in [0.1, 0.15) is 5.75 Å². The molecular formula is C11H10IN3O2. The lowest BCUT2D eigenvalue weighted by atomic mass is 10.2. The molecule has 0 fully saturated rings. The second-order valence-corrected chi connectivity index (χ2v) is 4.76. The Morgan fingerprint density at radius 1 is 1.53 bits per heavy atom. The van der Waals surface area contributed by atoms with Gasteiger partial charge >= 0.3 is 0 Å². The molecule has 0 bridgehead atoms. The van der Waals surface area contributed by atoms with Gasteiger partial charge in [0.15, 0.2) is 0 Å². The van der Waals surface area contributed by atoms with Crippen molar-refractivity contribution in [1.82, 2.24) is 9.78 Å². The van der Waals surface area contributed by atoms with Crippen LogP contribution in [0.25, 0.3) is 0 Å². The average Bonchev–Trinajstić information content (AvgIpc) is 2.67. The molecule has 1 heterocycles. The van der Waals surface area contributed by atoms with Crippen molar-refractivity contribution in [3.8, 4) is 5.75 Å². The summed E-state index contributed by atoms with van der Waals surface area (Å²) < 4.78 is 2.47. The first-order chi connectivity index (χ1) is 8.06. The van der Waals surface area contributed by atoms with Gasteiger partial charge in [0.25, 0.3) is 5.91 Å². The number of aromatic hydroxyl groups is 1. The molecule has 0 saturated heterocycles. The summed E-state index contributed by atoms with van der Waals surface area (Å²) in [7, 11) is 1.76. The first-order valence-electron chi connectivity index (χ1n) is 4.85. The van der Waals surface area contributed by atoms with E-state index in [1.54, 1.807) is 36.3 Å². The van der Waals surface area contributed by atoms with Gasteiger partial charge in [-0.2, -0.15) is 5.10 Å². The smallest absolute Gasteiger partial charge is 0.259 e. The van der Waals surface area contributed by atoms with Crippen LogP contribution < -0.4 is 5.32 Å². The van der Waals surface area contributed by atoms with Crippen LogP contribution in [0.5, 0.6) is 5.75 Å². The maximum atomic E-state index is 11.9. The number of halogens is 1. The summed E-state index contributed by atoms with van der Waals surface area (Å²) in [6, 6.07) is 4.86. The zero-order valence-electron chi connectivity index (χ0n) is 9.01. The molecule has 0 aliphatic rings. The van der Waals surface area contributed by atoms with E-state index in [9.17, 15) is 9.90 Å². The van der Waals surface area contributed by atoms with Crippen molar-refractivity contribution in [1.29, 1.82) is 0 Å².